The number of rotatable bonds is 5. The van der Waals surface area contributed by atoms with E-state index in [1.165, 1.54) is 0 Å². The third-order valence-corrected chi connectivity index (χ3v) is 3.44. The largest absolute Gasteiger partial charge is 0.496 e. The molecule has 1 amide bonds. The molecule has 0 aromatic heterocycles. The van der Waals surface area contributed by atoms with Gasteiger partial charge in [-0.15, -0.1) is 0 Å². The normalized spacial score (nSPS) is 11.1. The SMILES string of the molecule is CCC(C)(CC)NC(=O)c1cc(N)ccc1OC. The Morgan fingerprint density at radius 1 is 1.39 bits per heavy atom. The van der Waals surface area contributed by atoms with Gasteiger partial charge in [-0.2, -0.15) is 0 Å². The summed E-state index contributed by atoms with van der Waals surface area (Å²) in [5.74, 6) is 0.390. The van der Waals surface area contributed by atoms with Crippen LogP contribution < -0.4 is 15.8 Å². The maximum Gasteiger partial charge on any atom is 0.255 e. The number of ether oxygens (including phenoxy) is 1. The minimum absolute atomic E-state index is 0.148. The van der Waals surface area contributed by atoms with Gasteiger partial charge in [-0.25, -0.2) is 0 Å². The van der Waals surface area contributed by atoms with E-state index < -0.39 is 0 Å². The van der Waals surface area contributed by atoms with Crippen molar-refractivity contribution in [3.63, 3.8) is 0 Å². The van der Waals surface area contributed by atoms with Crippen molar-refractivity contribution in [2.24, 2.45) is 0 Å². The number of anilines is 1. The standard InChI is InChI=1S/C14H22N2O2/c1-5-14(3,6-2)16-13(17)11-9-10(15)7-8-12(11)18-4/h7-9H,5-6,15H2,1-4H3,(H,16,17). The number of carbonyl (C=O) groups is 1. The molecule has 0 bridgehead atoms. The summed E-state index contributed by atoms with van der Waals surface area (Å²) in [5.41, 5.74) is 6.54. The van der Waals surface area contributed by atoms with Crippen LogP contribution in [0.3, 0.4) is 0 Å². The first-order valence-electron chi connectivity index (χ1n) is 6.21. The summed E-state index contributed by atoms with van der Waals surface area (Å²) >= 11 is 0. The topological polar surface area (TPSA) is 64.4 Å². The van der Waals surface area contributed by atoms with Gasteiger partial charge in [-0.3, -0.25) is 4.79 Å². The van der Waals surface area contributed by atoms with Crippen molar-refractivity contribution < 1.29 is 9.53 Å². The zero-order valence-corrected chi connectivity index (χ0v) is 11.5. The van der Waals surface area contributed by atoms with E-state index in [9.17, 15) is 4.79 Å². The molecule has 3 N–H and O–H groups in total. The number of hydrogen-bond acceptors (Lipinski definition) is 3. The Hall–Kier alpha value is -1.71. The summed E-state index contributed by atoms with van der Waals surface area (Å²) in [7, 11) is 1.54. The van der Waals surface area contributed by atoms with Gasteiger partial charge < -0.3 is 15.8 Å². The summed E-state index contributed by atoms with van der Waals surface area (Å²) in [6, 6.07) is 5.06. The molecule has 18 heavy (non-hydrogen) atoms. The van der Waals surface area contributed by atoms with Gasteiger partial charge in [0.1, 0.15) is 5.75 Å². The van der Waals surface area contributed by atoms with Crippen molar-refractivity contribution >= 4 is 11.6 Å². The molecule has 0 unspecified atom stereocenters. The van der Waals surface area contributed by atoms with Gasteiger partial charge in [0.25, 0.3) is 5.91 Å². The second-order valence-corrected chi connectivity index (χ2v) is 4.68. The second-order valence-electron chi connectivity index (χ2n) is 4.68. The predicted molar refractivity (Wildman–Crippen MR) is 73.9 cm³/mol. The van der Waals surface area contributed by atoms with Crippen LogP contribution in [-0.2, 0) is 0 Å². The Kier molecular flexibility index (Phi) is 4.59. The quantitative estimate of drug-likeness (QED) is 0.789. The van der Waals surface area contributed by atoms with Crippen molar-refractivity contribution in [1.82, 2.24) is 5.32 Å². The lowest BCUT2D eigenvalue weighted by molar-refractivity contribution is 0.0898. The Bertz CT molecular complexity index is 426. The van der Waals surface area contributed by atoms with Crippen molar-refractivity contribution in [2.45, 2.75) is 39.2 Å². The molecule has 4 nitrogen and oxygen atoms in total. The van der Waals surface area contributed by atoms with Crippen LogP contribution in [0.4, 0.5) is 5.69 Å². The van der Waals surface area contributed by atoms with Gasteiger partial charge >= 0.3 is 0 Å². The van der Waals surface area contributed by atoms with Gasteiger partial charge in [0, 0.05) is 11.2 Å². The Labute approximate surface area is 109 Å². The van der Waals surface area contributed by atoms with Gasteiger partial charge in [-0.1, -0.05) is 13.8 Å². The number of nitrogens with one attached hydrogen (secondary N) is 1. The van der Waals surface area contributed by atoms with E-state index in [1.54, 1.807) is 25.3 Å². The third kappa shape index (κ3) is 3.15. The first-order chi connectivity index (χ1) is 8.45. The lowest BCUT2D eigenvalue weighted by atomic mass is 9.95. The summed E-state index contributed by atoms with van der Waals surface area (Å²) in [4.78, 5) is 12.3. The fourth-order valence-electron chi connectivity index (χ4n) is 1.67. The number of nitrogens with two attached hydrogens (primary N) is 1. The number of carbonyl (C=O) groups excluding carboxylic acids is 1. The van der Waals surface area contributed by atoms with E-state index >= 15 is 0 Å². The summed E-state index contributed by atoms with van der Waals surface area (Å²) in [6.07, 6.45) is 1.75. The molecule has 1 aromatic rings. The minimum Gasteiger partial charge on any atom is -0.496 e. The molecule has 1 aromatic carbocycles. The van der Waals surface area contributed by atoms with E-state index in [0.717, 1.165) is 12.8 Å². The monoisotopic (exact) mass is 250 g/mol. The number of benzene rings is 1. The van der Waals surface area contributed by atoms with E-state index in [-0.39, 0.29) is 11.4 Å². The fraction of sp³-hybridized carbons (Fsp3) is 0.500. The first kappa shape index (κ1) is 14.4. The molecule has 4 heteroatoms. The van der Waals surface area contributed by atoms with E-state index in [0.29, 0.717) is 17.0 Å². The highest BCUT2D eigenvalue weighted by molar-refractivity contribution is 5.98. The molecule has 0 spiro atoms. The Balaban J connectivity index is 3.00. The van der Waals surface area contributed by atoms with Crippen molar-refractivity contribution in [2.75, 3.05) is 12.8 Å². The lowest BCUT2D eigenvalue weighted by Gasteiger charge is -2.28. The van der Waals surface area contributed by atoms with E-state index in [1.807, 2.05) is 6.92 Å². The molecule has 0 saturated heterocycles. The fourth-order valence-corrected chi connectivity index (χ4v) is 1.67. The smallest absolute Gasteiger partial charge is 0.255 e. The second kappa shape index (κ2) is 5.76. The highest BCUT2D eigenvalue weighted by Gasteiger charge is 2.24. The Morgan fingerprint density at radius 2 is 2.00 bits per heavy atom. The predicted octanol–water partition coefficient (Wildman–Crippen LogP) is 2.59. The number of nitrogen functional groups attached to an aromatic ring is 1. The molecule has 0 heterocycles. The van der Waals surface area contributed by atoms with Crippen molar-refractivity contribution in [3.05, 3.63) is 23.8 Å². The zero-order chi connectivity index (χ0) is 13.8. The highest BCUT2D eigenvalue weighted by atomic mass is 16.5. The molecule has 100 valence electrons. The zero-order valence-electron chi connectivity index (χ0n) is 11.5. The average molecular weight is 250 g/mol. The van der Waals surface area contributed by atoms with Crippen LogP contribution in [0.1, 0.15) is 44.0 Å². The molecular weight excluding hydrogens is 228 g/mol. The number of methoxy groups -OCH3 is 1. The Morgan fingerprint density at radius 3 is 2.50 bits per heavy atom. The first-order valence-corrected chi connectivity index (χ1v) is 6.21. The van der Waals surface area contributed by atoms with Crippen LogP contribution in [0.15, 0.2) is 18.2 Å². The maximum absolute atomic E-state index is 12.3. The maximum atomic E-state index is 12.3. The van der Waals surface area contributed by atoms with Crippen molar-refractivity contribution in [1.29, 1.82) is 0 Å². The molecular formula is C14H22N2O2. The molecule has 0 saturated carbocycles. The van der Waals surface area contributed by atoms with Gasteiger partial charge in [0.15, 0.2) is 0 Å². The molecule has 0 atom stereocenters. The van der Waals surface area contributed by atoms with Gasteiger partial charge in [-0.05, 0) is 38.0 Å². The lowest BCUT2D eigenvalue weighted by Crippen LogP contribution is -2.45. The number of amides is 1. The third-order valence-electron chi connectivity index (χ3n) is 3.44. The number of hydrogen-bond donors (Lipinski definition) is 2. The molecule has 0 aliphatic heterocycles. The van der Waals surface area contributed by atoms with Crippen LogP contribution in [0.25, 0.3) is 0 Å². The highest BCUT2D eigenvalue weighted by Crippen LogP contribution is 2.23. The van der Waals surface area contributed by atoms with Gasteiger partial charge in [0.05, 0.1) is 12.7 Å². The molecule has 0 radical (unpaired) electrons. The van der Waals surface area contributed by atoms with Crippen LogP contribution >= 0.6 is 0 Å². The summed E-state index contributed by atoms with van der Waals surface area (Å²) in [6.45, 7) is 6.14. The average Bonchev–Trinajstić information content (AvgIpc) is 2.38. The summed E-state index contributed by atoms with van der Waals surface area (Å²) in [5, 5.41) is 3.04. The molecule has 0 fully saturated rings. The molecule has 0 aliphatic rings. The van der Waals surface area contributed by atoms with E-state index in [2.05, 4.69) is 19.2 Å². The van der Waals surface area contributed by atoms with Gasteiger partial charge in [0.2, 0.25) is 0 Å². The molecule has 1 rings (SSSR count). The van der Waals surface area contributed by atoms with Crippen LogP contribution in [0.2, 0.25) is 0 Å². The minimum atomic E-state index is -0.202. The van der Waals surface area contributed by atoms with Crippen LogP contribution in [-0.4, -0.2) is 18.6 Å². The van der Waals surface area contributed by atoms with Crippen LogP contribution in [0.5, 0.6) is 5.75 Å². The molecule has 0 aliphatic carbocycles. The van der Waals surface area contributed by atoms with Crippen LogP contribution in [0, 0.1) is 0 Å². The van der Waals surface area contributed by atoms with Crippen molar-refractivity contribution in [3.8, 4) is 5.75 Å². The van der Waals surface area contributed by atoms with E-state index in [4.69, 9.17) is 10.5 Å². The summed E-state index contributed by atoms with van der Waals surface area (Å²) < 4.78 is 5.19.